The van der Waals surface area contributed by atoms with Crippen LogP contribution in [0.3, 0.4) is 0 Å². The summed E-state index contributed by atoms with van der Waals surface area (Å²) >= 11 is 0. The second kappa shape index (κ2) is 4.88. The lowest BCUT2D eigenvalue weighted by Crippen LogP contribution is -2.29. The number of rotatable bonds is 4. The molecule has 3 nitrogen and oxygen atoms in total. The fourth-order valence-electron chi connectivity index (χ4n) is 3.88. The van der Waals surface area contributed by atoms with E-state index in [1.165, 1.54) is 51.1 Å². The number of hydrogen-bond acceptors (Lipinski definition) is 3. The Morgan fingerprint density at radius 2 is 1.79 bits per heavy atom. The summed E-state index contributed by atoms with van der Waals surface area (Å²) in [5.74, 6) is 2.90. The molecule has 0 amide bonds. The van der Waals surface area contributed by atoms with Gasteiger partial charge in [-0.05, 0) is 42.2 Å². The Bertz CT molecular complexity index is 415. The molecule has 3 aliphatic rings. The van der Waals surface area contributed by atoms with Crippen molar-refractivity contribution in [1.82, 2.24) is 14.8 Å². The first kappa shape index (κ1) is 11.9. The molecular formula is C16H23N3. The van der Waals surface area contributed by atoms with Gasteiger partial charge < -0.3 is 4.90 Å². The van der Waals surface area contributed by atoms with E-state index in [4.69, 9.17) is 0 Å². The molecule has 0 radical (unpaired) electrons. The molecule has 0 unspecified atom stereocenters. The number of fused-ring (bicyclic) bond motifs is 1. The Morgan fingerprint density at radius 1 is 1.05 bits per heavy atom. The lowest BCUT2D eigenvalue weighted by Gasteiger charge is -2.21. The minimum absolute atomic E-state index is 0.926. The molecule has 1 aromatic heterocycles. The molecule has 2 saturated heterocycles. The smallest absolute Gasteiger partial charge is 0.0312 e. The number of likely N-dealkylation sites (tertiary alicyclic amines) is 2. The van der Waals surface area contributed by atoms with Crippen molar-refractivity contribution in [1.29, 1.82) is 0 Å². The van der Waals surface area contributed by atoms with Crippen LogP contribution in [0.15, 0.2) is 24.5 Å². The van der Waals surface area contributed by atoms with Gasteiger partial charge in [-0.15, -0.1) is 0 Å². The number of hydrogen-bond donors (Lipinski definition) is 0. The van der Waals surface area contributed by atoms with E-state index in [9.17, 15) is 0 Å². The molecule has 4 rings (SSSR count). The zero-order chi connectivity index (χ0) is 12.7. The molecule has 1 saturated carbocycles. The molecule has 3 fully saturated rings. The van der Waals surface area contributed by atoms with E-state index in [0.29, 0.717) is 0 Å². The first-order valence-corrected chi connectivity index (χ1v) is 7.70. The Labute approximate surface area is 115 Å². The van der Waals surface area contributed by atoms with Gasteiger partial charge in [0.25, 0.3) is 0 Å². The minimum atomic E-state index is 0.926. The van der Waals surface area contributed by atoms with Crippen LogP contribution >= 0.6 is 0 Å². The molecule has 0 aromatic carbocycles. The van der Waals surface area contributed by atoms with Gasteiger partial charge in [0.15, 0.2) is 0 Å². The molecule has 0 N–H and O–H groups in total. The quantitative estimate of drug-likeness (QED) is 0.820. The topological polar surface area (TPSA) is 19.4 Å². The van der Waals surface area contributed by atoms with Gasteiger partial charge in [0, 0.05) is 51.7 Å². The summed E-state index contributed by atoms with van der Waals surface area (Å²) < 4.78 is 0. The molecule has 0 bridgehead atoms. The van der Waals surface area contributed by atoms with Crippen molar-refractivity contribution in [3.8, 4) is 0 Å². The highest BCUT2D eigenvalue weighted by atomic mass is 15.2. The normalized spacial score (nSPS) is 31.8. The summed E-state index contributed by atoms with van der Waals surface area (Å²) in [5, 5.41) is 0. The molecule has 2 atom stereocenters. The van der Waals surface area contributed by atoms with Crippen LogP contribution in [0.25, 0.3) is 0 Å². The maximum Gasteiger partial charge on any atom is 0.0312 e. The fourth-order valence-corrected chi connectivity index (χ4v) is 3.88. The third kappa shape index (κ3) is 2.67. The number of aromatic nitrogens is 1. The summed E-state index contributed by atoms with van der Waals surface area (Å²) in [6.07, 6.45) is 6.84. The molecule has 2 aliphatic heterocycles. The van der Waals surface area contributed by atoms with Gasteiger partial charge in [-0.3, -0.25) is 9.88 Å². The van der Waals surface area contributed by atoms with Crippen molar-refractivity contribution in [3.05, 3.63) is 30.1 Å². The maximum atomic E-state index is 4.22. The lowest BCUT2D eigenvalue weighted by atomic mass is 10.0. The van der Waals surface area contributed by atoms with Gasteiger partial charge in [-0.1, -0.05) is 6.07 Å². The molecular weight excluding hydrogens is 234 g/mol. The van der Waals surface area contributed by atoms with Crippen molar-refractivity contribution in [2.24, 2.45) is 17.8 Å². The van der Waals surface area contributed by atoms with E-state index in [1.54, 1.807) is 0 Å². The van der Waals surface area contributed by atoms with E-state index in [2.05, 4.69) is 20.9 Å². The van der Waals surface area contributed by atoms with Gasteiger partial charge in [0.05, 0.1) is 0 Å². The van der Waals surface area contributed by atoms with Crippen LogP contribution in [0.4, 0.5) is 0 Å². The summed E-state index contributed by atoms with van der Waals surface area (Å²) in [4.78, 5) is 9.57. The van der Waals surface area contributed by atoms with Gasteiger partial charge in [-0.25, -0.2) is 0 Å². The van der Waals surface area contributed by atoms with Crippen LogP contribution in [-0.2, 0) is 6.54 Å². The molecule has 1 aliphatic carbocycles. The van der Waals surface area contributed by atoms with Crippen LogP contribution in [0.5, 0.6) is 0 Å². The first-order chi connectivity index (χ1) is 9.37. The molecule has 0 spiro atoms. The predicted molar refractivity (Wildman–Crippen MR) is 75.7 cm³/mol. The minimum Gasteiger partial charge on any atom is -0.302 e. The van der Waals surface area contributed by atoms with Crippen LogP contribution < -0.4 is 0 Å². The van der Waals surface area contributed by atoms with Gasteiger partial charge in [0.1, 0.15) is 0 Å². The monoisotopic (exact) mass is 257 g/mol. The van der Waals surface area contributed by atoms with E-state index in [-0.39, 0.29) is 0 Å². The highest BCUT2D eigenvalue weighted by Crippen LogP contribution is 2.36. The summed E-state index contributed by atoms with van der Waals surface area (Å²) in [5.41, 5.74) is 1.36. The fraction of sp³-hybridized carbons (Fsp3) is 0.688. The van der Waals surface area contributed by atoms with Crippen LogP contribution in [0.1, 0.15) is 18.4 Å². The Morgan fingerprint density at radius 3 is 2.42 bits per heavy atom. The summed E-state index contributed by atoms with van der Waals surface area (Å²) in [6, 6.07) is 4.24. The van der Waals surface area contributed by atoms with Crippen molar-refractivity contribution in [2.45, 2.75) is 19.4 Å². The summed E-state index contributed by atoms with van der Waals surface area (Å²) in [7, 11) is 0. The third-order valence-electron chi connectivity index (χ3n) is 4.98. The van der Waals surface area contributed by atoms with Crippen LogP contribution in [-0.4, -0.2) is 47.5 Å². The van der Waals surface area contributed by atoms with E-state index in [1.807, 2.05) is 18.5 Å². The average molecular weight is 257 g/mol. The Balaban J connectivity index is 1.30. The van der Waals surface area contributed by atoms with Crippen molar-refractivity contribution >= 4 is 0 Å². The molecule has 102 valence electrons. The Kier molecular flexibility index (Phi) is 3.04. The predicted octanol–water partition coefficient (Wildman–Crippen LogP) is 1.86. The first-order valence-electron chi connectivity index (χ1n) is 7.70. The van der Waals surface area contributed by atoms with Crippen molar-refractivity contribution in [2.75, 3.05) is 32.7 Å². The zero-order valence-corrected chi connectivity index (χ0v) is 11.5. The molecule has 19 heavy (non-hydrogen) atoms. The number of nitrogens with zero attached hydrogens (tertiary/aromatic N) is 3. The third-order valence-corrected chi connectivity index (χ3v) is 4.98. The summed E-state index contributed by atoms with van der Waals surface area (Å²) in [6.45, 7) is 7.76. The molecule has 1 aromatic rings. The zero-order valence-electron chi connectivity index (χ0n) is 11.5. The highest BCUT2D eigenvalue weighted by molar-refractivity contribution is 5.09. The van der Waals surface area contributed by atoms with Gasteiger partial charge in [0.2, 0.25) is 0 Å². The van der Waals surface area contributed by atoms with Crippen molar-refractivity contribution in [3.63, 3.8) is 0 Å². The van der Waals surface area contributed by atoms with Gasteiger partial charge in [-0.2, -0.15) is 0 Å². The average Bonchev–Trinajstić information content (AvgIpc) is 3.02. The Hall–Kier alpha value is -0.930. The number of pyridine rings is 1. The van der Waals surface area contributed by atoms with E-state index < -0.39 is 0 Å². The van der Waals surface area contributed by atoms with Crippen LogP contribution in [0.2, 0.25) is 0 Å². The maximum absolute atomic E-state index is 4.22. The lowest BCUT2D eigenvalue weighted by molar-refractivity contribution is 0.245. The van der Waals surface area contributed by atoms with Gasteiger partial charge >= 0.3 is 0 Å². The van der Waals surface area contributed by atoms with Crippen LogP contribution in [0, 0.1) is 17.8 Å². The second-order valence-electron chi connectivity index (χ2n) is 6.74. The van der Waals surface area contributed by atoms with Crippen molar-refractivity contribution < 1.29 is 0 Å². The van der Waals surface area contributed by atoms with E-state index >= 15 is 0 Å². The largest absolute Gasteiger partial charge is 0.302 e. The highest BCUT2D eigenvalue weighted by Gasteiger charge is 2.40. The standard InChI is InChI=1S/C16H23N3/c1-2-14(6-17-5-1)8-19-11-15-9-18(7-13-3-4-13)10-16(15)12-19/h1-2,5-6,13,15-16H,3-4,7-12H2/t15-,16-/m1/s1. The van der Waals surface area contributed by atoms with E-state index in [0.717, 1.165) is 24.3 Å². The SMILES string of the molecule is c1cncc(CN2C[C@H]3CN(CC4CC4)C[C@@H]3C2)c1. The molecule has 3 heterocycles. The second-order valence-corrected chi connectivity index (χ2v) is 6.74. The molecule has 3 heteroatoms.